The summed E-state index contributed by atoms with van der Waals surface area (Å²) in [5.41, 5.74) is 2.79. The molecule has 0 saturated heterocycles. The van der Waals surface area contributed by atoms with Gasteiger partial charge in [0, 0.05) is 31.1 Å². The number of carbonyl (C=O) groups is 1. The van der Waals surface area contributed by atoms with Gasteiger partial charge in [0.2, 0.25) is 5.91 Å². The van der Waals surface area contributed by atoms with Gasteiger partial charge in [-0.05, 0) is 18.9 Å². The van der Waals surface area contributed by atoms with Crippen molar-refractivity contribution in [3.63, 3.8) is 0 Å². The first-order valence-corrected chi connectivity index (χ1v) is 7.23. The molecule has 3 rings (SSSR count). The van der Waals surface area contributed by atoms with Crippen LogP contribution in [0, 0.1) is 0 Å². The predicted molar refractivity (Wildman–Crippen MR) is 79.5 cm³/mol. The van der Waals surface area contributed by atoms with Crippen molar-refractivity contribution in [1.82, 2.24) is 9.55 Å². The standard InChI is InChI=1S/C16H19N3O/c1-2-16(20)18-13-8-4-3-7-12(13)14-11-19-10-6-5-9-15(19)17-14/h3-4,7-8,11H,2,5-6,9-10H2,1H3,(H,18,20). The van der Waals surface area contributed by atoms with Gasteiger partial charge in [-0.2, -0.15) is 0 Å². The van der Waals surface area contributed by atoms with Crippen LogP contribution in [0.4, 0.5) is 5.69 Å². The zero-order chi connectivity index (χ0) is 13.9. The highest BCUT2D eigenvalue weighted by Gasteiger charge is 2.15. The molecular weight excluding hydrogens is 250 g/mol. The van der Waals surface area contributed by atoms with E-state index in [1.807, 2.05) is 31.2 Å². The first kappa shape index (κ1) is 12.9. The van der Waals surface area contributed by atoms with Crippen molar-refractivity contribution in [1.29, 1.82) is 0 Å². The van der Waals surface area contributed by atoms with Gasteiger partial charge in [-0.1, -0.05) is 25.1 Å². The Morgan fingerprint density at radius 3 is 3.00 bits per heavy atom. The Morgan fingerprint density at radius 1 is 1.35 bits per heavy atom. The molecule has 0 unspecified atom stereocenters. The normalized spacial score (nSPS) is 13.8. The first-order valence-electron chi connectivity index (χ1n) is 7.23. The Hall–Kier alpha value is -2.10. The Labute approximate surface area is 118 Å². The van der Waals surface area contributed by atoms with E-state index in [0.29, 0.717) is 6.42 Å². The number of hydrogen-bond acceptors (Lipinski definition) is 2. The number of benzene rings is 1. The lowest BCUT2D eigenvalue weighted by Gasteiger charge is -2.11. The molecule has 1 amide bonds. The summed E-state index contributed by atoms with van der Waals surface area (Å²) in [5.74, 6) is 1.18. The van der Waals surface area contributed by atoms with Crippen LogP contribution < -0.4 is 5.32 Å². The number of para-hydroxylation sites is 1. The second kappa shape index (κ2) is 5.49. The summed E-state index contributed by atoms with van der Waals surface area (Å²) in [5, 5.41) is 2.95. The highest BCUT2D eigenvalue weighted by molar-refractivity contribution is 5.94. The third-order valence-corrected chi connectivity index (χ3v) is 3.71. The molecule has 0 aliphatic carbocycles. The van der Waals surface area contributed by atoms with Gasteiger partial charge in [0.15, 0.2) is 0 Å². The SMILES string of the molecule is CCC(=O)Nc1ccccc1-c1cn2c(n1)CCCC2. The molecule has 0 spiro atoms. The van der Waals surface area contributed by atoms with E-state index in [0.717, 1.165) is 35.7 Å². The molecule has 0 bridgehead atoms. The van der Waals surface area contributed by atoms with E-state index in [2.05, 4.69) is 16.1 Å². The van der Waals surface area contributed by atoms with Gasteiger partial charge in [-0.3, -0.25) is 4.79 Å². The van der Waals surface area contributed by atoms with Gasteiger partial charge < -0.3 is 9.88 Å². The third-order valence-electron chi connectivity index (χ3n) is 3.71. The van der Waals surface area contributed by atoms with Gasteiger partial charge in [0.1, 0.15) is 5.82 Å². The minimum Gasteiger partial charge on any atom is -0.334 e. The average molecular weight is 269 g/mol. The highest BCUT2D eigenvalue weighted by Crippen LogP contribution is 2.28. The number of amides is 1. The molecule has 1 aliphatic heterocycles. The summed E-state index contributed by atoms with van der Waals surface area (Å²) < 4.78 is 2.23. The maximum absolute atomic E-state index is 11.6. The highest BCUT2D eigenvalue weighted by atomic mass is 16.1. The molecule has 1 aromatic carbocycles. The van der Waals surface area contributed by atoms with Crippen molar-refractivity contribution >= 4 is 11.6 Å². The molecule has 4 heteroatoms. The van der Waals surface area contributed by atoms with E-state index >= 15 is 0 Å². The molecule has 0 radical (unpaired) electrons. The van der Waals surface area contributed by atoms with E-state index in [4.69, 9.17) is 4.98 Å². The van der Waals surface area contributed by atoms with Gasteiger partial charge in [0.25, 0.3) is 0 Å². The van der Waals surface area contributed by atoms with Crippen molar-refractivity contribution in [3.05, 3.63) is 36.3 Å². The molecule has 20 heavy (non-hydrogen) atoms. The van der Waals surface area contributed by atoms with Gasteiger partial charge in [-0.25, -0.2) is 4.98 Å². The molecule has 1 aliphatic rings. The van der Waals surface area contributed by atoms with Crippen LogP contribution >= 0.6 is 0 Å². The van der Waals surface area contributed by atoms with Crippen molar-refractivity contribution in [3.8, 4) is 11.3 Å². The lowest BCUT2D eigenvalue weighted by molar-refractivity contribution is -0.115. The number of aryl methyl sites for hydroxylation is 2. The minimum absolute atomic E-state index is 0.0291. The Bertz CT molecular complexity index is 607. The molecule has 4 nitrogen and oxygen atoms in total. The number of fused-ring (bicyclic) bond motifs is 1. The molecule has 0 fully saturated rings. The van der Waals surface area contributed by atoms with E-state index < -0.39 is 0 Å². The van der Waals surface area contributed by atoms with Gasteiger partial charge in [-0.15, -0.1) is 0 Å². The maximum Gasteiger partial charge on any atom is 0.224 e. The summed E-state index contributed by atoms with van der Waals surface area (Å²) in [4.78, 5) is 16.3. The monoisotopic (exact) mass is 269 g/mol. The van der Waals surface area contributed by atoms with E-state index in [1.54, 1.807) is 0 Å². The Kier molecular flexibility index (Phi) is 3.54. The van der Waals surface area contributed by atoms with Crippen molar-refractivity contribution < 1.29 is 4.79 Å². The van der Waals surface area contributed by atoms with E-state index in [-0.39, 0.29) is 5.91 Å². The van der Waals surface area contributed by atoms with Crippen LogP contribution in [0.2, 0.25) is 0 Å². The molecular formula is C16H19N3O. The molecule has 0 atom stereocenters. The zero-order valence-electron chi connectivity index (χ0n) is 11.7. The average Bonchev–Trinajstić information content (AvgIpc) is 2.91. The number of imidazole rings is 1. The summed E-state index contributed by atoms with van der Waals surface area (Å²) in [7, 11) is 0. The second-order valence-electron chi connectivity index (χ2n) is 5.14. The van der Waals surface area contributed by atoms with Crippen molar-refractivity contribution in [2.45, 2.75) is 39.2 Å². The second-order valence-corrected chi connectivity index (χ2v) is 5.14. The molecule has 2 heterocycles. The first-order chi connectivity index (χ1) is 9.78. The third kappa shape index (κ3) is 2.46. The fourth-order valence-corrected chi connectivity index (χ4v) is 2.60. The number of aromatic nitrogens is 2. The molecule has 1 N–H and O–H groups in total. The Balaban J connectivity index is 1.97. The Morgan fingerprint density at radius 2 is 2.20 bits per heavy atom. The lowest BCUT2D eigenvalue weighted by atomic mass is 10.1. The predicted octanol–water partition coefficient (Wildman–Crippen LogP) is 3.23. The number of rotatable bonds is 3. The fraction of sp³-hybridized carbons (Fsp3) is 0.375. The number of anilines is 1. The zero-order valence-corrected chi connectivity index (χ0v) is 11.7. The van der Waals surface area contributed by atoms with Gasteiger partial charge >= 0.3 is 0 Å². The van der Waals surface area contributed by atoms with Crippen LogP contribution in [0.5, 0.6) is 0 Å². The lowest BCUT2D eigenvalue weighted by Crippen LogP contribution is -2.10. The van der Waals surface area contributed by atoms with Crippen LogP contribution in [0.3, 0.4) is 0 Å². The van der Waals surface area contributed by atoms with Crippen LogP contribution in [-0.4, -0.2) is 15.5 Å². The van der Waals surface area contributed by atoms with Crippen LogP contribution in [0.15, 0.2) is 30.5 Å². The summed E-state index contributed by atoms with van der Waals surface area (Å²) in [6.45, 7) is 2.90. The molecule has 2 aromatic rings. The molecule has 0 saturated carbocycles. The number of carbonyl (C=O) groups excluding carboxylic acids is 1. The van der Waals surface area contributed by atoms with Crippen LogP contribution in [0.25, 0.3) is 11.3 Å². The van der Waals surface area contributed by atoms with Crippen molar-refractivity contribution in [2.24, 2.45) is 0 Å². The number of nitrogens with zero attached hydrogens (tertiary/aromatic N) is 2. The largest absolute Gasteiger partial charge is 0.334 e. The van der Waals surface area contributed by atoms with E-state index in [1.165, 1.54) is 12.8 Å². The van der Waals surface area contributed by atoms with Crippen molar-refractivity contribution in [2.75, 3.05) is 5.32 Å². The summed E-state index contributed by atoms with van der Waals surface area (Å²) in [6, 6.07) is 7.86. The molecule has 104 valence electrons. The van der Waals surface area contributed by atoms with Crippen LogP contribution in [0.1, 0.15) is 32.0 Å². The quantitative estimate of drug-likeness (QED) is 0.929. The fourth-order valence-electron chi connectivity index (χ4n) is 2.60. The summed E-state index contributed by atoms with van der Waals surface area (Å²) >= 11 is 0. The minimum atomic E-state index is 0.0291. The van der Waals surface area contributed by atoms with Gasteiger partial charge in [0.05, 0.1) is 11.4 Å². The topological polar surface area (TPSA) is 46.9 Å². The van der Waals surface area contributed by atoms with E-state index in [9.17, 15) is 4.79 Å². The molecule has 1 aromatic heterocycles. The smallest absolute Gasteiger partial charge is 0.224 e. The number of nitrogens with one attached hydrogen (secondary N) is 1. The maximum atomic E-state index is 11.6. The van der Waals surface area contributed by atoms with Crippen LogP contribution in [-0.2, 0) is 17.8 Å². The number of hydrogen-bond donors (Lipinski definition) is 1. The summed E-state index contributed by atoms with van der Waals surface area (Å²) in [6.07, 6.45) is 6.06.